The first-order valence-corrected chi connectivity index (χ1v) is 11.0. The van der Waals surface area contributed by atoms with Gasteiger partial charge in [0.1, 0.15) is 11.7 Å². The van der Waals surface area contributed by atoms with Crippen LogP contribution in [0.3, 0.4) is 0 Å². The van der Waals surface area contributed by atoms with Crippen LogP contribution >= 0.6 is 0 Å². The minimum atomic E-state index is -0.638. The van der Waals surface area contributed by atoms with Crippen molar-refractivity contribution in [2.75, 3.05) is 44.7 Å². The zero-order valence-corrected chi connectivity index (χ0v) is 18.8. The number of hydrogen-bond donors (Lipinski definition) is 0. The van der Waals surface area contributed by atoms with E-state index >= 15 is 0 Å². The van der Waals surface area contributed by atoms with Crippen molar-refractivity contribution in [3.8, 4) is 5.75 Å². The third-order valence-electron chi connectivity index (χ3n) is 6.52. The van der Waals surface area contributed by atoms with Crippen molar-refractivity contribution in [1.29, 1.82) is 0 Å². The van der Waals surface area contributed by atoms with Crippen LogP contribution in [0.15, 0.2) is 42.5 Å². The molecule has 0 bridgehead atoms. The number of nitrogens with zero attached hydrogens (tertiary/aromatic N) is 3. The van der Waals surface area contributed by atoms with Crippen LogP contribution in [0, 0.1) is 19.8 Å². The van der Waals surface area contributed by atoms with Crippen LogP contribution in [-0.2, 0) is 9.59 Å². The van der Waals surface area contributed by atoms with Crippen molar-refractivity contribution < 1.29 is 19.1 Å². The number of amides is 3. The molecule has 32 heavy (non-hydrogen) atoms. The average Bonchev–Trinajstić information content (AvgIpc) is 3.21. The molecule has 7 heteroatoms. The Bertz CT molecular complexity index is 1030. The molecule has 0 saturated carbocycles. The van der Waals surface area contributed by atoms with Crippen LogP contribution in [0.1, 0.15) is 27.9 Å². The van der Waals surface area contributed by atoms with Gasteiger partial charge in [0.05, 0.1) is 7.11 Å². The smallest absolute Gasteiger partial charge is 0.253 e. The summed E-state index contributed by atoms with van der Waals surface area (Å²) in [6, 6.07) is 13.0. The highest BCUT2D eigenvalue weighted by Crippen LogP contribution is 2.28. The van der Waals surface area contributed by atoms with E-state index in [2.05, 4.69) is 0 Å². The zero-order chi connectivity index (χ0) is 22.8. The molecule has 0 N–H and O–H groups in total. The molecule has 2 aliphatic rings. The quantitative estimate of drug-likeness (QED) is 0.693. The topological polar surface area (TPSA) is 70.2 Å². The lowest BCUT2D eigenvalue weighted by Gasteiger charge is -2.35. The highest BCUT2D eigenvalue weighted by molar-refractivity contribution is 6.09. The van der Waals surface area contributed by atoms with Gasteiger partial charge in [-0.2, -0.15) is 0 Å². The maximum Gasteiger partial charge on any atom is 0.253 e. The van der Waals surface area contributed by atoms with Crippen molar-refractivity contribution in [3.63, 3.8) is 0 Å². The minimum Gasteiger partial charge on any atom is -0.497 e. The lowest BCUT2D eigenvalue weighted by Crippen LogP contribution is -2.52. The summed E-state index contributed by atoms with van der Waals surface area (Å²) in [5, 5.41) is 0. The van der Waals surface area contributed by atoms with Crippen LogP contribution < -0.4 is 9.64 Å². The van der Waals surface area contributed by atoms with E-state index in [1.165, 1.54) is 5.56 Å². The van der Waals surface area contributed by atoms with Crippen LogP contribution in [0.4, 0.5) is 5.69 Å². The van der Waals surface area contributed by atoms with Gasteiger partial charge >= 0.3 is 0 Å². The molecule has 0 aromatic heterocycles. The van der Waals surface area contributed by atoms with Gasteiger partial charge < -0.3 is 19.4 Å². The van der Waals surface area contributed by atoms with E-state index in [-0.39, 0.29) is 17.7 Å². The largest absolute Gasteiger partial charge is 0.497 e. The molecule has 1 atom stereocenters. The number of methoxy groups -OCH3 is 1. The molecule has 2 fully saturated rings. The van der Waals surface area contributed by atoms with Crippen LogP contribution in [0.5, 0.6) is 5.75 Å². The van der Waals surface area contributed by atoms with E-state index in [1.807, 2.05) is 32.0 Å². The van der Waals surface area contributed by atoms with Crippen molar-refractivity contribution in [3.05, 3.63) is 59.2 Å². The second kappa shape index (κ2) is 9.02. The molecule has 0 spiro atoms. The van der Waals surface area contributed by atoms with Gasteiger partial charge in [0.2, 0.25) is 11.8 Å². The van der Waals surface area contributed by atoms with Gasteiger partial charge in [-0.05, 0) is 67.8 Å². The third kappa shape index (κ3) is 4.20. The standard InChI is InChI=1S/C25H29N3O4/c1-17-4-7-20(16-18(17)2)28-11-10-22(25(28)31)24(30)27-14-12-26(13-15-27)23(29)19-5-8-21(32-3)9-6-19/h4-9,16,22H,10-15H2,1-3H3. The summed E-state index contributed by atoms with van der Waals surface area (Å²) >= 11 is 0. The predicted octanol–water partition coefficient (Wildman–Crippen LogP) is 2.65. The van der Waals surface area contributed by atoms with Gasteiger partial charge in [-0.25, -0.2) is 0 Å². The Kier molecular flexibility index (Phi) is 6.17. The fourth-order valence-electron chi connectivity index (χ4n) is 4.33. The number of rotatable bonds is 4. The molecular weight excluding hydrogens is 406 g/mol. The van der Waals surface area contributed by atoms with Gasteiger partial charge in [0.15, 0.2) is 0 Å². The number of carbonyl (C=O) groups excluding carboxylic acids is 3. The first-order valence-electron chi connectivity index (χ1n) is 11.0. The number of ether oxygens (including phenoxy) is 1. The second-order valence-electron chi connectivity index (χ2n) is 8.45. The molecule has 0 aliphatic carbocycles. The monoisotopic (exact) mass is 435 g/mol. The Morgan fingerprint density at radius 3 is 2.16 bits per heavy atom. The molecule has 4 rings (SSSR count). The number of aryl methyl sites for hydroxylation is 2. The maximum absolute atomic E-state index is 13.1. The molecule has 2 heterocycles. The fourth-order valence-corrected chi connectivity index (χ4v) is 4.33. The van der Waals surface area contributed by atoms with Crippen LogP contribution in [-0.4, -0.2) is 67.4 Å². The van der Waals surface area contributed by atoms with Gasteiger partial charge in [-0.3, -0.25) is 14.4 Å². The summed E-state index contributed by atoms with van der Waals surface area (Å²) in [5.41, 5.74) is 3.75. The number of hydrogen-bond acceptors (Lipinski definition) is 4. The summed E-state index contributed by atoms with van der Waals surface area (Å²) in [6.45, 7) is 6.40. The normalized spacial score (nSPS) is 18.8. The summed E-state index contributed by atoms with van der Waals surface area (Å²) in [4.78, 5) is 44.0. The summed E-state index contributed by atoms with van der Waals surface area (Å²) < 4.78 is 5.14. The third-order valence-corrected chi connectivity index (χ3v) is 6.52. The summed E-state index contributed by atoms with van der Waals surface area (Å²) in [5.74, 6) is -0.251. The Morgan fingerprint density at radius 1 is 0.875 bits per heavy atom. The molecule has 7 nitrogen and oxygen atoms in total. The highest BCUT2D eigenvalue weighted by Gasteiger charge is 2.40. The number of benzene rings is 2. The van der Waals surface area contributed by atoms with Crippen LogP contribution in [0.25, 0.3) is 0 Å². The first kappa shape index (κ1) is 21.9. The van der Waals surface area contributed by atoms with E-state index in [1.54, 1.807) is 46.1 Å². The van der Waals surface area contributed by atoms with Gasteiger partial charge in [-0.1, -0.05) is 6.07 Å². The Hall–Kier alpha value is -3.35. The summed E-state index contributed by atoms with van der Waals surface area (Å²) in [7, 11) is 1.59. The highest BCUT2D eigenvalue weighted by atomic mass is 16.5. The maximum atomic E-state index is 13.1. The Labute approximate surface area is 188 Å². The van der Waals surface area contributed by atoms with E-state index < -0.39 is 5.92 Å². The van der Waals surface area contributed by atoms with E-state index in [4.69, 9.17) is 4.74 Å². The lowest BCUT2D eigenvalue weighted by molar-refractivity contribution is -0.141. The molecule has 1 unspecified atom stereocenters. The van der Waals surface area contributed by atoms with Crippen LogP contribution in [0.2, 0.25) is 0 Å². The Morgan fingerprint density at radius 2 is 1.53 bits per heavy atom. The number of piperazine rings is 1. The molecule has 168 valence electrons. The number of carbonyl (C=O) groups is 3. The van der Waals surface area contributed by atoms with Gasteiger partial charge in [0.25, 0.3) is 5.91 Å². The van der Waals surface area contributed by atoms with Crippen molar-refractivity contribution >= 4 is 23.4 Å². The van der Waals surface area contributed by atoms with Gasteiger partial charge in [0, 0.05) is 44.0 Å². The zero-order valence-electron chi connectivity index (χ0n) is 18.8. The molecule has 2 aromatic carbocycles. The molecular formula is C25H29N3O4. The Balaban J connectivity index is 1.35. The second-order valence-corrected chi connectivity index (χ2v) is 8.45. The van der Waals surface area contributed by atoms with Crippen molar-refractivity contribution in [1.82, 2.24) is 9.80 Å². The van der Waals surface area contributed by atoms with E-state index in [0.29, 0.717) is 50.5 Å². The van der Waals surface area contributed by atoms with Gasteiger partial charge in [-0.15, -0.1) is 0 Å². The van der Waals surface area contributed by atoms with Crippen molar-refractivity contribution in [2.45, 2.75) is 20.3 Å². The van der Waals surface area contributed by atoms with Crippen molar-refractivity contribution in [2.24, 2.45) is 5.92 Å². The fraction of sp³-hybridized carbons (Fsp3) is 0.400. The molecule has 2 saturated heterocycles. The number of anilines is 1. The average molecular weight is 436 g/mol. The van der Waals surface area contributed by atoms with E-state index in [9.17, 15) is 14.4 Å². The predicted molar refractivity (Wildman–Crippen MR) is 122 cm³/mol. The molecule has 0 radical (unpaired) electrons. The minimum absolute atomic E-state index is 0.0578. The molecule has 2 aromatic rings. The lowest BCUT2D eigenvalue weighted by atomic mass is 10.1. The summed E-state index contributed by atoms with van der Waals surface area (Å²) in [6.07, 6.45) is 0.523. The SMILES string of the molecule is COc1ccc(C(=O)N2CCN(C(=O)C3CCN(c4ccc(C)c(C)c4)C3=O)CC2)cc1. The molecule has 2 aliphatic heterocycles. The van der Waals surface area contributed by atoms with E-state index in [0.717, 1.165) is 11.3 Å². The molecule has 3 amide bonds. The first-order chi connectivity index (χ1) is 15.4.